The van der Waals surface area contributed by atoms with E-state index in [1.165, 1.54) is 18.4 Å². The lowest BCUT2D eigenvalue weighted by Gasteiger charge is -2.19. The van der Waals surface area contributed by atoms with E-state index in [0.717, 1.165) is 29.2 Å². The Morgan fingerprint density at radius 1 is 1.33 bits per heavy atom. The number of hydrogen-bond donors (Lipinski definition) is 2. The Balaban J connectivity index is 0.00000208. The van der Waals surface area contributed by atoms with E-state index in [4.69, 9.17) is 4.52 Å². The van der Waals surface area contributed by atoms with Crippen molar-refractivity contribution in [2.75, 3.05) is 13.1 Å². The summed E-state index contributed by atoms with van der Waals surface area (Å²) in [5.41, 5.74) is 2.44. The minimum Gasteiger partial charge on any atom is -0.364 e. The molecular weight excluding hydrogens is 483 g/mol. The maximum absolute atomic E-state index is 4.84. The first kappa shape index (κ1) is 19.2. The number of rotatable bonds is 6. The normalized spacial score (nSPS) is 15.5. The van der Waals surface area contributed by atoms with E-state index in [1.807, 2.05) is 6.07 Å². The third-order valence-electron chi connectivity index (χ3n) is 4.12. The van der Waals surface area contributed by atoms with Crippen molar-refractivity contribution in [1.82, 2.24) is 15.8 Å². The van der Waals surface area contributed by atoms with Crippen LogP contribution in [0.15, 0.2) is 50.6 Å². The summed E-state index contributed by atoms with van der Waals surface area (Å²) in [5.74, 6) is 0.816. The number of nitrogens with one attached hydrogen (secondary N) is 2. The van der Waals surface area contributed by atoms with Crippen LogP contribution in [0.1, 0.15) is 31.0 Å². The monoisotopic (exact) mass is 504 g/mol. The summed E-state index contributed by atoms with van der Waals surface area (Å²) in [5, 5.41) is 10.6. The van der Waals surface area contributed by atoms with Crippen molar-refractivity contribution in [3.8, 4) is 0 Å². The fraction of sp³-hybridized carbons (Fsp3) is 0.412. The Bertz CT molecular complexity index is 671. The lowest BCUT2D eigenvalue weighted by Crippen LogP contribution is -2.41. The summed E-state index contributed by atoms with van der Waals surface area (Å²) in [7, 11) is 0. The summed E-state index contributed by atoms with van der Waals surface area (Å²) in [6.45, 7) is 4.28. The van der Waals surface area contributed by atoms with E-state index in [9.17, 15) is 0 Å². The highest BCUT2D eigenvalue weighted by atomic mass is 127. The largest absolute Gasteiger partial charge is 0.364 e. The zero-order chi connectivity index (χ0) is 16.1. The first-order valence-electron chi connectivity index (χ1n) is 7.89. The van der Waals surface area contributed by atoms with Gasteiger partial charge < -0.3 is 15.2 Å². The van der Waals surface area contributed by atoms with Crippen LogP contribution in [0.25, 0.3) is 0 Å². The summed E-state index contributed by atoms with van der Waals surface area (Å²) in [4.78, 5) is 4.56. The highest BCUT2D eigenvalue weighted by Crippen LogP contribution is 2.48. The molecule has 2 aromatic rings. The molecule has 0 saturated heterocycles. The van der Waals surface area contributed by atoms with Crippen molar-refractivity contribution >= 4 is 45.9 Å². The average molecular weight is 505 g/mol. The fourth-order valence-electron chi connectivity index (χ4n) is 2.61. The minimum absolute atomic E-state index is 0. The number of halogens is 2. The van der Waals surface area contributed by atoms with Crippen LogP contribution in [0, 0.1) is 0 Å². The van der Waals surface area contributed by atoms with Crippen LogP contribution in [0.3, 0.4) is 0 Å². The lowest BCUT2D eigenvalue weighted by molar-refractivity contribution is 0.412. The van der Waals surface area contributed by atoms with Gasteiger partial charge in [0.15, 0.2) is 5.96 Å². The average Bonchev–Trinajstić information content (AvgIpc) is 3.17. The van der Waals surface area contributed by atoms with Gasteiger partial charge in [0, 0.05) is 29.0 Å². The molecule has 1 fully saturated rings. The molecule has 3 rings (SSSR count). The van der Waals surface area contributed by atoms with Crippen molar-refractivity contribution in [2.45, 2.75) is 31.7 Å². The van der Waals surface area contributed by atoms with Gasteiger partial charge in [0.05, 0.1) is 6.54 Å². The highest BCUT2D eigenvalue weighted by molar-refractivity contribution is 14.0. The van der Waals surface area contributed by atoms with E-state index in [-0.39, 0.29) is 29.4 Å². The van der Waals surface area contributed by atoms with Crippen LogP contribution < -0.4 is 10.6 Å². The summed E-state index contributed by atoms with van der Waals surface area (Å²) >= 11 is 3.56. The van der Waals surface area contributed by atoms with Gasteiger partial charge in [0.25, 0.3) is 0 Å². The number of nitrogens with zero attached hydrogens (tertiary/aromatic N) is 2. The number of hydrogen-bond acceptors (Lipinski definition) is 3. The van der Waals surface area contributed by atoms with Crippen molar-refractivity contribution in [3.05, 3.63) is 52.3 Å². The SMILES string of the molecule is CCNC(=NCc1ccon1)NCC1(c2cccc(Br)c2)CC1.I. The maximum atomic E-state index is 4.84. The quantitative estimate of drug-likeness (QED) is 0.356. The Morgan fingerprint density at radius 2 is 2.17 bits per heavy atom. The van der Waals surface area contributed by atoms with Gasteiger partial charge in [-0.05, 0) is 37.5 Å². The third kappa shape index (κ3) is 4.95. The first-order valence-corrected chi connectivity index (χ1v) is 8.69. The molecule has 130 valence electrons. The molecule has 5 nitrogen and oxygen atoms in total. The first-order chi connectivity index (χ1) is 11.2. The van der Waals surface area contributed by atoms with Crippen LogP contribution in [-0.2, 0) is 12.0 Å². The summed E-state index contributed by atoms with van der Waals surface area (Å²) in [6, 6.07) is 10.4. The maximum Gasteiger partial charge on any atom is 0.191 e. The molecule has 0 bridgehead atoms. The molecule has 1 saturated carbocycles. The van der Waals surface area contributed by atoms with Crippen LogP contribution in [-0.4, -0.2) is 24.2 Å². The van der Waals surface area contributed by atoms with Gasteiger partial charge in [-0.2, -0.15) is 0 Å². The number of aromatic nitrogens is 1. The molecule has 1 aromatic carbocycles. The van der Waals surface area contributed by atoms with Crippen molar-refractivity contribution in [1.29, 1.82) is 0 Å². The topological polar surface area (TPSA) is 62.5 Å². The molecule has 0 amide bonds. The second-order valence-electron chi connectivity index (χ2n) is 5.83. The van der Waals surface area contributed by atoms with Crippen molar-refractivity contribution in [2.24, 2.45) is 4.99 Å². The lowest BCUT2D eigenvalue weighted by atomic mass is 9.96. The molecule has 0 radical (unpaired) electrons. The second kappa shape index (κ2) is 8.84. The Kier molecular flexibility index (Phi) is 7.09. The number of aliphatic imine (C=N–C) groups is 1. The van der Waals surface area contributed by atoms with Gasteiger partial charge in [0.2, 0.25) is 0 Å². The third-order valence-corrected chi connectivity index (χ3v) is 4.61. The Hall–Kier alpha value is -1.09. The molecule has 0 aliphatic heterocycles. The van der Waals surface area contributed by atoms with Crippen LogP contribution >= 0.6 is 39.9 Å². The Labute approximate surface area is 167 Å². The standard InChI is InChI=1S/C17H21BrN4O.HI/c1-2-19-16(20-11-15-6-9-23-22-15)21-12-17(7-8-17)13-4-3-5-14(18)10-13;/h3-6,9-10H,2,7-8,11-12H2,1H3,(H2,19,20,21);1H. The van der Waals surface area contributed by atoms with E-state index >= 15 is 0 Å². The molecule has 0 spiro atoms. The zero-order valence-corrected chi connectivity index (χ0v) is 17.5. The van der Waals surface area contributed by atoms with Gasteiger partial charge in [-0.1, -0.05) is 33.2 Å². The van der Waals surface area contributed by atoms with E-state index < -0.39 is 0 Å². The zero-order valence-electron chi connectivity index (χ0n) is 13.6. The van der Waals surface area contributed by atoms with Gasteiger partial charge in [-0.3, -0.25) is 0 Å². The fourth-order valence-corrected chi connectivity index (χ4v) is 3.01. The predicted molar refractivity (Wildman–Crippen MR) is 110 cm³/mol. The van der Waals surface area contributed by atoms with Gasteiger partial charge in [-0.15, -0.1) is 24.0 Å². The molecule has 7 heteroatoms. The molecule has 1 aliphatic carbocycles. The molecular formula is C17H22BrIN4O. The van der Waals surface area contributed by atoms with Crippen LogP contribution in [0.4, 0.5) is 0 Å². The van der Waals surface area contributed by atoms with Crippen LogP contribution in [0.5, 0.6) is 0 Å². The molecule has 0 unspecified atom stereocenters. The molecule has 2 N–H and O–H groups in total. The molecule has 1 heterocycles. The molecule has 24 heavy (non-hydrogen) atoms. The van der Waals surface area contributed by atoms with E-state index in [0.29, 0.717) is 6.54 Å². The second-order valence-corrected chi connectivity index (χ2v) is 6.75. The van der Waals surface area contributed by atoms with Crippen LogP contribution in [0.2, 0.25) is 0 Å². The summed E-state index contributed by atoms with van der Waals surface area (Å²) < 4.78 is 5.97. The number of guanidine groups is 1. The smallest absolute Gasteiger partial charge is 0.191 e. The van der Waals surface area contributed by atoms with Gasteiger partial charge in [-0.25, -0.2) is 4.99 Å². The van der Waals surface area contributed by atoms with E-state index in [1.54, 1.807) is 6.26 Å². The molecule has 0 atom stereocenters. The molecule has 1 aromatic heterocycles. The van der Waals surface area contributed by atoms with Gasteiger partial charge >= 0.3 is 0 Å². The summed E-state index contributed by atoms with van der Waals surface area (Å²) in [6.07, 6.45) is 3.98. The predicted octanol–water partition coefficient (Wildman–Crippen LogP) is 3.84. The van der Waals surface area contributed by atoms with E-state index in [2.05, 4.69) is 67.9 Å². The van der Waals surface area contributed by atoms with Crippen molar-refractivity contribution < 1.29 is 4.52 Å². The number of benzene rings is 1. The van der Waals surface area contributed by atoms with Crippen molar-refractivity contribution in [3.63, 3.8) is 0 Å². The van der Waals surface area contributed by atoms with Gasteiger partial charge in [0.1, 0.15) is 12.0 Å². The Morgan fingerprint density at radius 3 is 2.79 bits per heavy atom. The minimum atomic E-state index is 0. The highest BCUT2D eigenvalue weighted by Gasteiger charge is 2.44. The molecule has 1 aliphatic rings.